The lowest BCUT2D eigenvalue weighted by molar-refractivity contribution is -0.137. The Hall–Kier alpha value is -4.44. The minimum Gasteiger partial charge on any atom is -0.493 e. The van der Waals surface area contributed by atoms with Crippen molar-refractivity contribution in [3.8, 4) is 22.9 Å². The number of hydrogen-bond donors (Lipinski definition) is 0. The van der Waals surface area contributed by atoms with Gasteiger partial charge in [0.2, 0.25) is 0 Å². The first-order chi connectivity index (χ1) is 19.6. The van der Waals surface area contributed by atoms with Gasteiger partial charge < -0.3 is 9.47 Å². The molecule has 0 saturated heterocycles. The van der Waals surface area contributed by atoms with E-state index >= 15 is 0 Å². The SMILES string of the molecule is COc1cc(C=Nn2c(-c3cccc(C(F)(F)F)c3)nc3ccccc3c2=O)c(Br)cc1OCc1ccc(C)cc1. The fourth-order valence-corrected chi connectivity index (χ4v) is 4.56. The predicted octanol–water partition coefficient (Wildman–Crippen LogP) is 7.62. The summed E-state index contributed by atoms with van der Waals surface area (Å²) in [4.78, 5) is 18.0. The third-order valence-electron chi connectivity index (χ3n) is 6.31. The molecule has 0 radical (unpaired) electrons. The molecule has 1 heterocycles. The molecule has 0 unspecified atom stereocenters. The van der Waals surface area contributed by atoms with E-state index in [1.54, 1.807) is 36.4 Å². The lowest BCUT2D eigenvalue weighted by Crippen LogP contribution is -2.20. The molecule has 0 bridgehead atoms. The van der Waals surface area contributed by atoms with E-state index in [0.29, 0.717) is 33.7 Å². The Kier molecular flexibility index (Phi) is 7.94. The Morgan fingerprint density at radius 1 is 0.976 bits per heavy atom. The third kappa shape index (κ3) is 6.17. The number of benzene rings is 4. The average molecular weight is 622 g/mol. The molecule has 0 aliphatic heterocycles. The predicted molar refractivity (Wildman–Crippen MR) is 156 cm³/mol. The van der Waals surface area contributed by atoms with E-state index in [4.69, 9.17) is 9.47 Å². The highest BCUT2D eigenvalue weighted by molar-refractivity contribution is 9.10. The first-order valence-corrected chi connectivity index (χ1v) is 13.2. The normalized spacial score (nSPS) is 11.8. The highest BCUT2D eigenvalue weighted by Gasteiger charge is 2.31. The van der Waals surface area contributed by atoms with Gasteiger partial charge in [-0.3, -0.25) is 4.79 Å². The van der Waals surface area contributed by atoms with Gasteiger partial charge in [0.05, 0.1) is 29.8 Å². The van der Waals surface area contributed by atoms with Crippen LogP contribution in [0.5, 0.6) is 11.5 Å². The summed E-state index contributed by atoms with van der Waals surface area (Å²) < 4.78 is 53.5. The molecule has 208 valence electrons. The van der Waals surface area contributed by atoms with E-state index in [9.17, 15) is 18.0 Å². The number of para-hydroxylation sites is 1. The Bertz CT molecular complexity index is 1820. The van der Waals surface area contributed by atoms with Crippen LogP contribution in [0.2, 0.25) is 0 Å². The number of alkyl halides is 3. The maximum Gasteiger partial charge on any atom is 0.416 e. The highest BCUT2D eigenvalue weighted by Crippen LogP contribution is 2.34. The second-order valence-corrected chi connectivity index (χ2v) is 10.0. The van der Waals surface area contributed by atoms with Gasteiger partial charge in [-0.05, 0) is 64.8 Å². The third-order valence-corrected chi connectivity index (χ3v) is 7.00. The summed E-state index contributed by atoms with van der Waals surface area (Å²) in [5, 5.41) is 4.65. The van der Waals surface area contributed by atoms with Crippen LogP contribution >= 0.6 is 15.9 Å². The van der Waals surface area contributed by atoms with Crippen LogP contribution in [0.25, 0.3) is 22.3 Å². The molecule has 5 aromatic rings. The molecule has 0 N–H and O–H groups in total. The van der Waals surface area contributed by atoms with E-state index in [-0.39, 0.29) is 16.8 Å². The van der Waals surface area contributed by atoms with Crippen LogP contribution in [0.15, 0.2) is 99.3 Å². The van der Waals surface area contributed by atoms with Gasteiger partial charge in [-0.15, -0.1) is 0 Å². The molecular weight excluding hydrogens is 599 g/mol. The van der Waals surface area contributed by atoms with Crippen LogP contribution in [-0.2, 0) is 12.8 Å². The largest absolute Gasteiger partial charge is 0.493 e. The number of hydrogen-bond acceptors (Lipinski definition) is 5. The molecule has 1 aromatic heterocycles. The minimum atomic E-state index is -4.56. The number of methoxy groups -OCH3 is 1. The second kappa shape index (κ2) is 11.6. The van der Waals surface area contributed by atoms with Gasteiger partial charge in [-0.1, -0.05) is 54.1 Å². The van der Waals surface area contributed by atoms with Gasteiger partial charge in [0.15, 0.2) is 17.3 Å². The van der Waals surface area contributed by atoms with Crippen molar-refractivity contribution in [2.24, 2.45) is 5.10 Å². The fourth-order valence-electron chi connectivity index (χ4n) is 4.14. The number of rotatable bonds is 7. The molecule has 6 nitrogen and oxygen atoms in total. The maximum absolute atomic E-state index is 13.5. The van der Waals surface area contributed by atoms with Crippen molar-refractivity contribution in [1.82, 2.24) is 9.66 Å². The summed E-state index contributed by atoms with van der Waals surface area (Å²) in [5.41, 5.74) is 1.73. The molecule has 0 atom stereocenters. The van der Waals surface area contributed by atoms with Crippen LogP contribution in [0.4, 0.5) is 13.2 Å². The Morgan fingerprint density at radius 2 is 1.73 bits per heavy atom. The number of nitrogens with zero attached hydrogens (tertiary/aromatic N) is 3. The van der Waals surface area contributed by atoms with E-state index in [0.717, 1.165) is 27.9 Å². The van der Waals surface area contributed by atoms with Gasteiger partial charge >= 0.3 is 6.18 Å². The minimum absolute atomic E-state index is 0.0304. The molecule has 10 heteroatoms. The van der Waals surface area contributed by atoms with Gasteiger partial charge in [-0.25, -0.2) is 4.98 Å². The Balaban J connectivity index is 1.55. The number of halogens is 4. The van der Waals surface area contributed by atoms with Crippen LogP contribution in [0, 0.1) is 6.92 Å². The summed E-state index contributed by atoms with van der Waals surface area (Å²) >= 11 is 3.52. The van der Waals surface area contributed by atoms with Crippen molar-refractivity contribution < 1.29 is 22.6 Å². The van der Waals surface area contributed by atoms with Gasteiger partial charge in [-0.2, -0.15) is 22.9 Å². The second-order valence-electron chi connectivity index (χ2n) is 9.19. The first-order valence-electron chi connectivity index (χ1n) is 12.4. The number of aryl methyl sites for hydroxylation is 1. The van der Waals surface area contributed by atoms with Gasteiger partial charge in [0.1, 0.15) is 6.61 Å². The van der Waals surface area contributed by atoms with Crippen molar-refractivity contribution >= 4 is 33.0 Å². The number of ether oxygens (including phenoxy) is 2. The van der Waals surface area contributed by atoms with Gasteiger partial charge in [0, 0.05) is 15.6 Å². The quantitative estimate of drug-likeness (QED) is 0.175. The summed E-state index contributed by atoms with van der Waals surface area (Å²) in [6, 6.07) is 22.6. The van der Waals surface area contributed by atoms with Crippen molar-refractivity contribution in [2.45, 2.75) is 19.7 Å². The summed E-state index contributed by atoms with van der Waals surface area (Å²) in [7, 11) is 1.51. The zero-order valence-corrected chi connectivity index (χ0v) is 23.5. The smallest absolute Gasteiger partial charge is 0.416 e. The molecule has 4 aromatic carbocycles. The maximum atomic E-state index is 13.5. The molecule has 0 fully saturated rings. The number of fused-ring (bicyclic) bond motifs is 1. The molecule has 0 aliphatic rings. The average Bonchev–Trinajstić information content (AvgIpc) is 2.96. The lowest BCUT2D eigenvalue weighted by Gasteiger charge is -2.14. The molecule has 0 aliphatic carbocycles. The van der Waals surface area contributed by atoms with E-state index in [2.05, 4.69) is 26.0 Å². The summed E-state index contributed by atoms with van der Waals surface area (Å²) in [6.45, 7) is 2.34. The number of aromatic nitrogens is 2. The summed E-state index contributed by atoms with van der Waals surface area (Å²) in [6.07, 6.45) is -3.16. The fraction of sp³-hybridized carbons (Fsp3) is 0.129. The lowest BCUT2D eigenvalue weighted by atomic mass is 10.1. The molecule has 0 saturated carbocycles. The van der Waals surface area contributed by atoms with Crippen molar-refractivity contribution in [3.05, 3.63) is 122 Å². The van der Waals surface area contributed by atoms with Crippen molar-refractivity contribution in [2.75, 3.05) is 7.11 Å². The Labute approximate surface area is 241 Å². The van der Waals surface area contributed by atoms with Gasteiger partial charge in [0.25, 0.3) is 5.56 Å². The Morgan fingerprint density at radius 3 is 2.46 bits per heavy atom. The first kappa shape index (κ1) is 28.1. The van der Waals surface area contributed by atoms with Crippen molar-refractivity contribution in [3.63, 3.8) is 0 Å². The van der Waals surface area contributed by atoms with E-state index < -0.39 is 17.3 Å². The van der Waals surface area contributed by atoms with Crippen LogP contribution in [-0.4, -0.2) is 23.0 Å². The highest BCUT2D eigenvalue weighted by atomic mass is 79.9. The van der Waals surface area contributed by atoms with E-state index in [1.807, 2.05) is 31.2 Å². The monoisotopic (exact) mass is 621 g/mol. The van der Waals surface area contributed by atoms with Crippen molar-refractivity contribution in [1.29, 1.82) is 0 Å². The molecule has 0 amide bonds. The topological polar surface area (TPSA) is 65.7 Å². The molecule has 5 rings (SSSR count). The molecule has 41 heavy (non-hydrogen) atoms. The van der Waals surface area contributed by atoms with Crippen LogP contribution in [0.1, 0.15) is 22.3 Å². The zero-order valence-electron chi connectivity index (χ0n) is 21.9. The molecular formula is C31H23BrF3N3O3. The molecule has 0 spiro atoms. The van der Waals surface area contributed by atoms with Crippen LogP contribution in [0.3, 0.4) is 0 Å². The van der Waals surface area contributed by atoms with E-state index in [1.165, 1.54) is 25.5 Å². The van der Waals surface area contributed by atoms with Crippen LogP contribution < -0.4 is 15.0 Å². The summed E-state index contributed by atoms with van der Waals surface area (Å²) in [5.74, 6) is 0.896. The standard InChI is InChI=1S/C31H23BrF3N3O3/c1-19-10-12-20(13-11-19)18-41-28-16-25(32)22(15-27(28)40-2)17-36-38-29(21-6-5-7-23(14-21)31(33,34)35)37-26-9-4-3-8-24(26)30(38)39/h3-17H,18H2,1-2H3. The zero-order chi connectivity index (χ0) is 29.1.